The van der Waals surface area contributed by atoms with E-state index in [-0.39, 0.29) is 28.9 Å². The summed E-state index contributed by atoms with van der Waals surface area (Å²) < 4.78 is 33.9. The van der Waals surface area contributed by atoms with Crippen molar-refractivity contribution in [1.29, 1.82) is 0 Å². The van der Waals surface area contributed by atoms with Crippen LogP contribution in [0, 0.1) is 5.82 Å². The number of piperazine rings is 1. The summed E-state index contributed by atoms with van der Waals surface area (Å²) in [7, 11) is 1.48. The summed E-state index contributed by atoms with van der Waals surface area (Å²) in [5, 5.41) is 14.7. The number of nitrogens with zero attached hydrogens (tertiary/aromatic N) is 5. The summed E-state index contributed by atoms with van der Waals surface area (Å²) in [5.74, 6) is 0.306. The van der Waals surface area contributed by atoms with Crippen LogP contribution in [0.5, 0.6) is 11.8 Å². The number of rotatable bonds is 4. The maximum atomic E-state index is 15.9. The third-order valence-corrected chi connectivity index (χ3v) is 9.47. The van der Waals surface area contributed by atoms with Crippen LogP contribution in [0.15, 0.2) is 18.3 Å². The lowest BCUT2D eigenvalue weighted by Gasteiger charge is -2.34. The van der Waals surface area contributed by atoms with Crippen molar-refractivity contribution in [3.05, 3.63) is 34.7 Å². The van der Waals surface area contributed by atoms with E-state index in [4.69, 9.17) is 16.3 Å². The lowest BCUT2D eigenvalue weighted by atomic mass is 9.98. The number of phenols is 1. The fourth-order valence-electron chi connectivity index (χ4n) is 7.12. The lowest BCUT2D eigenvalue weighted by molar-refractivity contribution is 0.292. The molecular formula is C30H35ClF2N6O2. The van der Waals surface area contributed by atoms with Crippen LogP contribution in [0.25, 0.3) is 22.2 Å². The second kappa shape index (κ2) is 10.8. The molecule has 2 aromatic heterocycles. The molecule has 4 aliphatic heterocycles. The van der Waals surface area contributed by atoms with Gasteiger partial charge in [0.15, 0.2) is 5.82 Å². The normalized spacial score (nSPS) is 27.2. The van der Waals surface area contributed by atoms with Crippen LogP contribution in [-0.2, 0) is 0 Å². The minimum absolute atomic E-state index is 0.0204. The molecule has 6 heterocycles. The molecule has 0 radical (unpaired) electrons. The largest absolute Gasteiger partial charge is 0.508 e. The average molecular weight is 585 g/mol. The Balaban J connectivity index is 0.000000260. The van der Waals surface area contributed by atoms with Crippen molar-refractivity contribution in [3.63, 3.8) is 0 Å². The van der Waals surface area contributed by atoms with Gasteiger partial charge in [0.2, 0.25) is 0 Å². The Morgan fingerprint density at radius 3 is 2.56 bits per heavy atom. The van der Waals surface area contributed by atoms with Crippen LogP contribution in [-0.4, -0.2) is 82.5 Å². The number of anilines is 1. The van der Waals surface area contributed by atoms with Gasteiger partial charge >= 0.3 is 6.01 Å². The fourth-order valence-corrected chi connectivity index (χ4v) is 7.49. The number of alkyl halides is 1. The maximum Gasteiger partial charge on any atom is 0.318 e. The minimum Gasteiger partial charge on any atom is -0.508 e. The summed E-state index contributed by atoms with van der Waals surface area (Å²) in [6.07, 6.45) is 8.66. The fraction of sp³-hybridized carbons (Fsp3) is 0.567. The van der Waals surface area contributed by atoms with Gasteiger partial charge < -0.3 is 20.1 Å². The number of pyridine rings is 1. The van der Waals surface area contributed by atoms with Crippen LogP contribution in [0.2, 0.25) is 5.02 Å². The number of hydrogen-bond acceptors (Lipinski definition) is 8. The molecule has 41 heavy (non-hydrogen) atoms. The van der Waals surface area contributed by atoms with E-state index in [1.807, 2.05) is 0 Å². The Morgan fingerprint density at radius 1 is 1.07 bits per heavy atom. The van der Waals surface area contributed by atoms with Gasteiger partial charge in [-0.2, -0.15) is 9.97 Å². The number of nitrogens with one attached hydrogen (secondary N) is 1. The van der Waals surface area contributed by atoms with Gasteiger partial charge in [0.25, 0.3) is 0 Å². The zero-order valence-electron chi connectivity index (χ0n) is 23.1. The molecule has 3 aromatic rings. The second-order valence-corrected chi connectivity index (χ2v) is 12.5. The highest BCUT2D eigenvalue weighted by Gasteiger charge is 2.36. The van der Waals surface area contributed by atoms with Crippen molar-refractivity contribution in [2.24, 2.45) is 0 Å². The molecule has 4 unspecified atom stereocenters. The molecule has 5 fully saturated rings. The molecule has 2 N–H and O–H groups in total. The average Bonchev–Trinajstić information content (AvgIpc) is 3.46. The maximum absolute atomic E-state index is 15.9. The molecular weight excluding hydrogens is 550 g/mol. The van der Waals surface area contributed by atoms with Crippen molar-refractivity contribution in [3.8, 4) is 23.0 Å². The van der Waals surface area contributed by atoms with Crippen LogP contribution in [0.1, 0.15) is 56.4 Å². The molecule has 4 saturated heterocycles. The molecule has 8 rings (SSSR count). The molecule has 11 heteroatoms. The van der Waals surface area contributed by atoms with Crippen molar-refractivity contribution < 1.29 is 18.6 Å². The van der Waals surface area contributed by atoms with Crippen LogP contribution < -0.4 is 15.0 Å². The Kier molecular flexibility index (Phi) is 7.11. The number of fused-ring (bicyclic) bond motifs is 4. The van der Waals surface area contributed by atoms with Gasteiger partial charge in [0.1, 0.15) is 28.9 Å². The highest BCUT2D eigenvalue weighted by molar-refractivity contribution is 6.32. The van der Waals surface area contributed by atoms with E-state index in [0.717, 1.165) is 57.3 Å². The minimum atomic E-state index is -0.564. The number of aromatic hydroxyl groups is 1. The lowest BCUT2D eigenvalue weighted by Crippen LogP contribution is -2.51. The zero-order chi connectivity index (χ0) is 28.2. The van der Waals surface area contributed by atoms with Crippen LogP contribution in [0.4, 0.5) is 14.6 Å². The number of benzene rings is 1. The predicted octanol–water partition coefficient (Wildman–Crippen LogP) is 5.21. The van der Waals surface area contributed by atoms with Gasteiger partial charge in [-0.15, -0.1) is 0 Å². The van der Waals surface area contributed by atoms with E-state index in [1.54, 1.807) is 6.20 Å². The molecule has 1 aromatic carbocycles. The number of aromatic nitrogens is 3. The quantitative estimate of drug-likeness (QED) is 0.432. The van der Waals surface area contributed by atoms with E-state index in [0.29, 0.717) is 46.5 Å². The van der Waals surface area contributed by atoms with Crippen molar-refractivity contribution in [1.82, 2.24) is 25.2 Å². The molecule has 8 nitrogen and oxygen atoms in total. The van der Waals surface area contributed by atoms with Gasteiger partial charge in [-0.3, -0.25) is 9.88 Å². The SMILES string of the molecule is COc1nc(N2CC3CCC(C2)N3)c2cnc(-c3cc(O)cc(Cl)c3C3CC3)c(F)c2n1.FC1CC2CCCN2C1. The van der Waals surface area contributed by atoms with E-state index < -0.39 is 12.0 Å². The third-order valence-electron chi connectivity index (χ3n) is 9.16. The number of halogens is 3. The van der Waals surface area contributed by atoms with Gasteiger partial charge in [0, 0.05) is 54.5 Å². The van der Waals surface area contributed by atoms with Crippen LogP contribution >= 0.6 is 11.6 Å². The van der Waals surface area contributed by atoms with E-state index >= 15 is 4.39 Å². The van der Waals surface area contributed by atoms with E-state index in [9.17, 15) is 9.50 Å². The first-order valence-electron chi connectivity index (χ1n) is 14.7. The van der Waals surface area contributed by atoms with Gasteiger partial charge in [-0.25, -0.2) is 8.78 Å². The highest BCUT2D eigenvalue weighted by Crippen LogP contribution is 2.49. The second-order valence-electron chi connectivity index (χ2n) is 12.0. The van der Waals surface area contributed by atoms with Crippen molar-refractivity contribution >= 4 is 28.3 Å². The van der Waals surface area contributed by atoms with E-state index in [1.165, 1.54) is 32.1 Å². The standard InChI is InChI=1S/C23H23ClFN5O2.C7H12FN/c1-32-23-28-21-16(22(29-23)30-9-12-4-5-13(10-30)27-12)8-26-20(19(21)25)15-6-14(31)7-17(24)18(15)11-2-3-11;8-6-4-7-2-1-3-9(7)5-6/h6-8,11-13,27,31H,2-5,9-10H2,1H3;6-7H,1-5H2. The summed E-state index contributed by atoms with van der Waals surface area (Å²) in [6, 6.07) is 4.56. The monoisotopic (exact) mass is 584 g/mol. The first kappa shape index (κ1) is 27.0. The number of phenolic OH excluding ortho intramolecular Hbond substituents is 1. The Morgan fingerprint density at radius 2 is 1.85 bits per heavy atom. The molecule has 2 bridgehead atoms. The molecule has 0 amide bonds. The molecule has 5 aliphatic rings. The predicted molar refractivity (Wildman–Crippen MR) is 154 cm³/mol. The Bertz CT molecular complexity index is 1450. The van der Waals surface area contributed by atoms with Crippen LogP contribution in [0.3, 0.4) is 0 Å². The van der Waals surface area contributed by atoms with Gasteiger partial charge in [0.05, 0.1) is 12.5 Å². The van der Waals surface area contributed by atoms with Crippen molar-refractivity contribution in [2.45, 2.75) is 75.2 Å². The summed E-state index contributed by atoms with van der Waals surface area (Å²) in [6.45, 7) is 3.45. The molecule has 0 spiro atoms. The zero-order valence-corrected chi connectivity index (χ0v) is 23.9. The first-order chi connectivity index (χ1) is 19.9. The molecule has 4 atom stereocenters. The Hall–Kier alpha value is -2.82. The number of ether oxygens (including phenoxy) is 1. The van der Waals surface area contributed by atoms with Crippen molar-refractivity contribution in [2.75, 3.05) is 38.2 Å². The summed E-state index contributed by atoms with van der Waals surface area (Å²) in [5.41, 5.74) is 1.62. The molecule has 1 saturated carbocycles. The van der Waals surface area contributed by atoms with Gasteiger partial charge in [-0.05, 0) is 75.1 Å². The first-order valence-corrected chi connectivity index (χ1v) is 15.1. The third kappa shape index (κ3) is 5.19. The smallest absolute Gasteiger partial charge is 0.318 e. The molecule has 1 aliphatic carbocycles. The topological polar surface area (TPSA) is 86.6 Å². The highest BCUT2D eigenvalue weighted by atomic mass is 35.5. The number of hydrogen-bond donors (Lipinski definition) is 2. The number of methoxy groups -OCH3 is 1. The van der Waals surface area contributed by atoms with E-state index in [2.05, 4.69) is 30.1 Å². The van der Waals surface area contributed by atoms with Gasteiger partial charge in [-0.1, -0.05) is 11.6 Å². The molecule has 218 valence electrons. The Labute approximate surface area is 243 Å². The summed E-state index contributed by atoms with van der Waals surface area (Å²) >= 11 is 6.43. The summed E-state index contributed by atoms with van der Waals surface area (Å²) in [4.78, 5) is 17.8.